The summed E-state index contributed by atoms with van der Waals surface area (Å²) in [4.78, 5) is 0. The van der Waals surface area contributed by atoms with Crippen LogP contribution in [-0.2, 0) is 0 Å². The van der Waals surface area contributed by atoms with Gasteiger partial charge in [0.25, 0.3) is 9.28 Å². The predicted octanol–water partition coefficient (Wildman–Crippen LogP) is 6.40. The van der Waals surface area contributed by atoms with Crippen molar-refractivity contribution in [2.24, 2.45) is 0 Å². The quantitative estimate of drug-likeness (QED) is 0.288. The second-order valence-electron chi connectivity index (χ2n) is 9.23. The van der Waals surface area contributed by atoms with Crippen molar-refractivity contribution in [3.8, 4) is 0 Å². The average Bonchev–Trinajstić information content (AvgIpc) is 2.72. The van der Waals surface area contributed by atoms with E-state index in [1.807, 2.05) is 0 Å². The van der Waals surface area contributed by atoms with Crippen molar-refractivity contribution in [3.05, 3.63) is 0 Å². The molecule has 0 bridgehead atoms. The monoisotopic (exact) mass is 413 g/mol. The van der Waals surface area contributed by atoms with Crippen molar-refractivity contribution in [1.29, 1.82) is 0 Å². The van der Waals surface area contributed by atoms with E-state index in [0.717, 1.165) is 0 Å². The van der Waals surface area contributed by atoms with Crippen LogP contribution < -0.4 is 0 Å². The van der Waals surface area contributed by atoms with Crippen molar-refractivity contribution >= 4 is 9.28 Å². The molecule has 6 atom stereocenters. The Morgan fingerprint density at radius 2 is 0.536 bits per heavy atom. The molecule has 0 aromatic rings. The summed E-state index contributed by atoms with van der Waals surface area (Å²) in [5, 5.41) is 0. The third-order valence-electron chi connectivity index (χ3n) is 7.40. The summed E-state index contributed by atoms with van der Waals surface area (Å²) in [5.41, 5.74) is 0. The zero-order valence-electron chi connectivity index (χ0n) is 21.6. The van der Waals surface area contributed by atoms with Crippen LogP contribution in [0.5, 0.6) is 0 Å². The van der Waals surface area contributed by atoms with Crippen LogP contribution in [0.15, 0.2) is 0 Å². The fraction of sp³-hybridized carbons (Fsp3) is 1.00. The van der Waals surface area contributed by atoms with E-state index in [0.29, 0.717) is 36.3 Å². The molecule has 28 heavy (non-hydrogen) atoms. The summed E-state index contributed by atoms with van der Waals surface area (Å²) in [6.45, 7) is 29.1. The number of rotatable bonds is 15. The Hall–Kier alpha value is 0.0969. The van der Waals surface area contributed by atoms with E-state index in [1.165, 1.54) is 38.5 Å². The molecule has 0 aromatic heterocycles. The Morgan fingerprint density at radius 1 is 0.393 bits per heavy atom. The highest BCUT2D eigenvalue weighted by molar-refractivity contribution is 6.50. The molecule has 0 saturated carbocycles. The minimum atomic E-state index is -1.53. The molecule has 0 radical (unpaired) electrons. The van der Waals surface area contributed by atoms with Gasteiger partial charge >= 0.3 is 0 Å². The number of hydrogen-bond donors (Lipinski definition) is 0. The summed E-state index contributed by atoms with van der Waals surface area (Å²) < 4.78 is 8.99. The van der Waals surface area contributed by atoms with Crippen molar-refractivity contribution in [2.45, 2.75) is 158 Å². The molecule has 0 rings (SSSR count). The van der Waals surface area contributed by atoms with Gasteiger partial charge in [0.1, 0.15) is 0 Å². The minimum absolute atomic E-state index is 0.637. The Balaban J connectivity index is 6.65. The highest BCUT2D eigenvalue weighted by atomic mass is 28.3. The lowest BCUT2D eigenvalue weighted by atomic mass is 10.2. The van der Waals surface area contributed by atoms with Gasteiger partial charge in [-0.1, -0.05) is 83.1 Å². The average molecular weight is 414 g/mol. The predicted molar refractivity (Wildman–Crippen MR) is 131 cm³/mol. The maximum absolute atomic E-state index is 3.00. The van der Waals surface area contributed by atoms with Crippen LogP contribution in [0, 0.1) is 0 Å². The van der Waals surface area contributed by atoms with Crippen LogP contribution >= 0.6 is 0 Å². The summed E-state index contributed by atoms with van der Waals surface area (Å²) in [5.74, 6) is 0. The molecule has 0 fully saturated rings. The van der Waals surface area contributed by atoms with E-state index in [9.17, 15) is 0 Å². The van der Waals surface area contributed by atoms with Gasteiger partial charge < -0.3 is 0 Å². The van der Waals surface area contributed by atoms with E-state index in [1.54, 1.807) is 0 Å². The Morgan fingerprint density at radius 3 is 0.643 bits per heavy atom. The van der Waals surface area contributed by atoms with Crippen LogP contribution in [0.3, 0.4) is 0 Å². The molecule has 0 aromatic carbocycles. The van der Waals surface area contributed by atoms with Crippen molar-refractivity contribution in [3.63, 3.8) is 0 Å². The van der Waals surface area contributed by atoms with Gasteiger partial charge in [-0.15, -0.1) is 0 Å². The van der Waals surface area contributed by atoms with E-state index in [4.69, 9.17) is 0 Å². The first-order chi connectivity index (χ1) is 13.2. The largest absolute Gasteiger partial charge is 0.297 e. The number of hydrogen-bond acceptors (Lipinski definition) is 3. The van der Waals surface area contributed by atoms with Gasteiger partial charge in [0.2, 0.25) is 0 Å². The Bertz CT molecular complexity index is 305. The smallest absolute Gasteiger partial charge is 0.274 e. The maximum atomic E-state index is 3.00. The van der Waals surface area contributed by atoms with Crippen molar-refractivity contribution < 1.29 is 0 Å². The van der Waals surface area contributed by atoms with Gasteiger partial charge in [-0.2, -0.15) is 0 Å². The zero-order chi connectivity index (χ0) is 22.0. The van der Waals surface area contributed by atoms with Gasteiger partial charge in [0, 0.05) is 36.3 Å². The lowest BCUT2D eigenvalue weighted by molar-refractivity contribution is 0.120. The molecule has 6 unspecified atom stereocenters. The lowest BCUT2D eigenvalue weighted by Crippen LogP contribution is -2.72. The molecule has 0 saturated heterocycles. The molecule has 0 spiro atoms. The Kier molecular flexibility index (Phi) is 14.2. The molecule has 3 nitrogen and oxygen atoms in total. The SMILES string of the molecule is CCC(C)N(C(C)CC)[SiH](N(C(C)CC)C(C)CC)N(C(C)CC)C(C)CC. The van der Waals surface area contributed by atoms with Gasteiger partial charge in [-0.3, -0.25) is 13.7 Å². The molecule has 0 aliphatic rings. The van der Waals surface area contributed by atoms with E-state index in [2.05, 4.69) is 96.8 Å². The van der Waals surface area contributed by atoms with E-state index in [-0.39, 0.29) is 0 Å². The summed E-state index contributed by atoms with van der Waals surface area (Å²) in [6, 6.07) is 3.82. The fourth-order valence-corrected chi connectivity index (χ4v) is 9.32. The molecular formula is C24H55N3Si. The zero-order valence-corrected chi connectivity index (χ0v) is 22.8. The number of nitrogens with zero attached hydrogens (tertiary/aromatic N) is 3. The van der Waals surface area contributed by atoms with Crippen LogP contribution in [0.1, 0.15) is 122 Å². The van der Waals surface area contributed by atoms with Crippen LogP contribution in [0.4, 0.5) is 0 Å². The molecule has 0 amide bonds. The minimum Gasteiger partial charge on any atom is -0.297 e. The molecule has 4 heteroatoms. The molecule has 170 valence electrons. The molecule has 0 aliphatic carbocycles. The first kappa shape index (κ1) is 28.1. The van der Waals surface area contributed by atoms with Gasteiger partial charge in [-0.05, 0) is 38.5 Å². The Labute approximate surface area is 181 Å². The van der Waals surface area contributed by atoms with Crippen molar-refractivity contribution in [1.82, 2.24) is 13.7 Å². The summed E-state index contributed by atoms with van der Waals surface area (Å²) >= 11 is 0. The van der Waals surface area contributed by atoms with Gasteiger partial charge in [0.05, 0.1) is 0 Å². The third kappa shape index (κ3) is 7.11. The second-order valence-corrected chi connectivity index (χ2v) is 11.7. The van der Waals surface area contributed by atoms with Crippen LogP contribution in [0.2, 0.25) is 0 Å². The molecule has 0 N–H and O–H groups in total. The normalized spacial score (nSPS) is 20.2. The van der Waals surface area contributed by atoms with Crippen LogP contribution in [-0.4, -0.2) is 59.2 Å². The first-order valence-corrected chi connectivity index (χ1v) is 14.0. The van der Waals surface area contributed by atoms with Gasteiger partial charge in [-0.25, -0.2) is 0 Å². The maximum Gasteiger partial charge on any atom is 0.274 e. The van der Waals surface area contributed by atoms with Gasteiger partial charge in [0.15, 0.2) is 0 Å². The standard InChI is InChI=1S/C24H55N3Si/c1-13-19(7)25(20(8)14-2)28(26(21(9)15-3)22(10)16-4)27(23(11)17-5)24(12)18-6/h19-24,28H,13-18H2,1-12H3. The van der Waals surface area contributed by atoms with Crippen LogP contribution in [0.25, 0.3) is 0 Å². The fourth-order valence-electron chi connectivity index (χ4n) is 4.40. The summed E-state index contributed by atoms with van der Waals surface area (Å²) in [6.07, 6.45) is 7.40. The van der Waals surface area contributed by atoms with E-state index >= 15 is 0 Å². The molecule has 0 heterocycles. The second kappa shape index (κ2) is 14.2. The summed E-state index contributed by atoms with van der Waals surface area (Å²) in [7, 11) is -1.53. The highest BCUT2D eigenvalue weighted by Crippen LogP contribution is 2.28. The van der Waals surface area contributed by atoms with E-state index < -0.39 is 9.28 Å². The topological polar surface area (TPSA) is 9.72 Å². The molecule has 0 aliphatic heterocycles. The highest BCUT2D eigenvalue weighted by Gasteiger charge is 2.43. The third-order valence-corrected chi connectivity index (χ3v) is 12.1. The van der Waals surface area contributed by atoms with Crippen molar-refractivity contribution in [2.75, 3.05) is 0 Å². The lowest BCUT2D eigenvalue weighted by Gasteiger charge is -2.55. The first-order valence-electron chi connectivity index (χ1n) is 12.5. The molecular weight excluding hydrogens is 358 g/mol.